The van der Waals surface area contributed by atoms with Crippen LogP contribution in [0, 0.1) is 0 Å². The minimum atomic E-state index is -1.39. The van der Waals surface area contributed by atoms with Gasteiger partial charge in [-0.2, -0.15) is 4.98 Å². The van der Waals surface area contributed by atoms with Gasteiger partial charge in [-0.1, -0.05) is 91.0 Å². The number of nitrogens with one attached hydrogen (secondary N) is 2. The van der Waals surface area contributed by atoms with E-state index in [4.69, 9.17) is 23.9 Å². The van der Waals surface area contributed by atoms with Crippen LogP contribution < -0.4 is 16.3 Å². The molecule has 4 aromatic rings. The summed E-state index contributed by atoms with van der Waals surface area (Å²) < 4.78 is 24.2. The molecule has 0 aliphatic carbocycles. The van der Waals surface area contributed by atoms with Gasteiger partial charge in [-0.25, -0.2) is 4.79 Å². The molecule has 51 heavy (non-hydrogen) atoms. The highest BCUT2D eigenvalue weighted by Crippen LogP contribution is 2.26. The minimum absolute atomic E-state index is 0.0845. The number of nitrogens with zero attached hydrogens (tertiary/aromatic N) is 3. The number of aliphatic hydroxyl groups excluding tert-OH is 2. The van der Waals surface area contributed by atoms with Crippen LogP contribution >= 0.6 is 0 Å². The van der Waals surface area contributed by atoms with Crippen molar-refractivity contribution in [2.45, 2.75) is 76.7 Å². The van der Waals surface area contributed by atoms with Gasteiger partial charge in [0.15, 0.2) is 0 Å². The molecule has 1 aliphatic rings. The van der Waals surface area contributed by atoms with E-state index in [0.717, 1.165) is 16.7 Å². The van der Waals surface area contributed by atoms with Crippen LogP contribution in [0.25, 0.3) is 0 Å². The molecular weight excluding hydrogens is 654 g/mol. The number of carbonyl (C=O) groups is 2. The number of anilines is 1. The van der Waals surface area contributed by atoms with Crippen molar-refractivity contribution < 1.29 is 38.7 Å². The molecule has 2 heterocycles. The topological polar surface area (TPSA) is 166 Å². The summed E-state index contributed by atoms with van der Waals surface area (Å²) in [6.45, 7) is 0.642. The molecule has 0 radical (unpaired) electrons. The zero-order valence-electron chi connectivity index (χ0n) is 28.4. The van der Waals surface area contributed by atoms with Crippen molar-refractivity contribution in [2.24, 2.45) is 4.99 Å². The van der Waals surface area contributed by atoms with Gasteiger partial charge in [0, 0.05) is 12.7 Å². The zero-order valence-corrected chi connectivity index (χ0v) is 28.4. The lowest BCUT2D eigenvalue weighted by molar-refractivity contribution is -0.160. The standard InChI is InChI=1S/C38H45N5O8/c44-24-31-19-20-34(51-31)43-23-21-33(42-38(47)50-27-30-16-8-3-9-17-30)41-36(43)39-22-11-10-18-32(35(45)48-25-28-12-4-1-5-13-28)40-37(46)49-26-29-14-6-2-7-15-29/h1-9,12-17,21,23,31-32,34,37,40,44,46H,10-11,18-20,22,24-27H2,(H,39,41,42,47)/t31-,32-,34+,37?/m0/s1. The van der Waals surface area contributed by atoms with E-state index in [0.29, 0.717) is 44.3 Å². The van der Waals surface area contributed by atoms with Crippen LogP contribution in [0.15, 0.2) is 108 Å². The summed E-state index contributed by atoms with van der Waals surface area (Å²) in [4.78, 5) is 34.9. The van der Waals surface area contributed by atoms with E-state index < -0.39 is 24.5 Å². The van der Waals surface area contributed by atoms with E-state index in [9.17, 15) is 19.8 Å². The second kappa shape index (κ2) is 20.1. The zero-order chi connectivity index (χ0) is 35.7. The number of aliphatic hydroxyl groups is 2. The first kappa shape index (κ1) is 37.3. The summed E-state index contributed by atoms with van der Waals surface area (Å²) >= 11 is 0. The van der Waals surface area contributed by atoms with E-state index in [1.807, 2.05) is 91.0 Å². The molecule has 1 aliphatic heterocycles. The summed E-state index contributed by atoms with van der Waals surface area (Å²) in [5.41, 5.74) is 2.92. The molecule has 5 rings (SSSR count). The third-order valence-corrected chi connectivity index (χ3v) is 8.14. The minimum Gasteiger partial charge on any atom is -0.460 e. The number of rotatable bonds is 18. The molecule has 0 spiro atoms. The first-order chi connectivity index (χ1) is 25.0. The Kier molecular flexibility index (Phi) is 14.7. The van der Waals surface area contributed by atoms with Crippen LogP contribution in [-0.4, -0.2) is 63.5 Å². The van der Waals surface area contributed by atoms with Crippen molar-refractivity contribution in [3.05, 3.63) is 126 Å². The molecule has 1 fully saturated rings. The number of hydrogen-bond donors (Lipinski definition) is 4. The van der Waals surface area contributed by atoms with E-state index in [2.05, 4.69) is 15.6 Å². The number of unbranched alkanes of at least 4 members (excludes halogenated alkanes) is 1. The number of amides is 1. The monoisotopic (exact) mass is 699 g/mol. The fraction of sp³-hybridized carbons (Fsp3) is 0.368. The molecule has 13 nitrogen and oxygen atoms in total. The van der Waals surface area contributed by atoms with Gasteiger partial charge in [-0.15, -0.1) is 0 Å². The van der Waals surface area contributed by atoms with Gasteiger partial charge < -0.3 is 29.2 Å². The summed E-state index contributed by atoms with van der Waals surface area (Å²) in [7, 11) is 0. The van der Waals surface area contributed by atoms with Gasteiger partial charge in [0.25, 0.3) is 0 Å². The first-order valence-corrected chi connectivity index (χ1v) is 17.1. The molecule has 13 heteroatoms. The van der Waals surface area contributed by atoms with Gasteiger partial charge >= 0.3 is 12.1 Å². The lowest BCUT2D eigenvalue weighted by Crippen LogP contribution is -2.45. The SMILES string of the molecule is O=C(Nc1ccn([C@H]2CC[C@@H](CO)O2)c(=NCCCC[C@H](NC(O)OCc2ccccc2)C(=O)OCc2ccccc2)n1)OCc1ccccc1. The van der Waals surface area contributed by atoms with Crippen molar-refractivity contribution in [3.63, 3.8) is 0 Å². The van der Waals surface area contributed by atoms with Crippen molar-refractivity contribution in [3.8, 4) is 0 Å². The fourth-order valence-corrected chi connectivity index (χ4v) is 5.43. The van der Waals surface area contributed by atoms with Crippen LogP contribution in [0.4, 0.5) is 10.6 Å². The molecule has 1 unspecified atom stereocenters. The van der Waals surface area contributed by atoms with Crippen LogP contribution in [0.5, 0.6) is 0 Å². The van der Waals surface area contributed by atoms with E-state index in [1.165, 1.54) is 0 Å². The van der Waals surface area contributed by atoms with Crippen LogP contribution in [0.1, 0.15) is 55.0 Å². The molecule has 270 valence electrons. The molecule has 3 aromatic carbocycles. The Morgan fingerprint density at radius 1 is 0.863 bits per heavy atom. The van der Waals surface area contributed by atoms with Crippen LogP contribution in [0.2, 0.25) is 0 Å². The lowest BCUT2D eigenvalue weighted by Gasteiger charge is -2.21. The molecule has 0 saturated carbocycles. The normalized spacial score (nSPS) is 17.1. The highest BCUT2D eigenvalue weighted by Gasteiger charge is 2.27. The van der Waals surface area contributed by atoms with Gasteiger partial charge in [0.2, 0.25) is 12.0 Å². The average Bonchev–Trinajstić information content (AvgIpc) is 3.65. The van der Waals surface area contributed by atoms with Crippen molar-refractivity contribution in [1.29, 1.82) is 0 Å². The maximum absolute atomic E-state index is 13.1. The van der Waals surface area contributed by atoms with Gasteiger partial charge in [0.1, 0.15) is 31.3 Å². The summed E-state index contributed by atoms with van der Waals surface area (Å²) in [5, 5.41) is 25.7. The quantitative estimate of drug-likeness (QED) is 0.0657. The number of esters is 1. The molecule has 4 atom stereocenters. The predicted molar refractivity (Wildman–Crippen MR) is 187 cm³/mol. The van der Waals surface area contributed by atoms with Gasteiger partial charge in [-0.05, 0) is 54.9 Å². The van der Waals surface area contributed by atoms with E-state index in [1.54, 1.807) is 16.8 Å². The summed E-state index contributed by atoms with van der Waals surface area (Å²) in [5.74, 6) is -0.248. The average molecular weight is 700 g/mol. The van der Waals surface area contributed by atoms with E-state index >= 15 is 0 Å². The molecule has 4 N–H and O–H groups in total. The molecule has 0 bridgehead atoms. The second-order valence-corrected chi connectivity index (χ2v) is 12.0. The number of carbonyl (C=O) groups excluding carboxylic acids is 2. The van der Waals surface area contributed by atoms with Crippen molar-refractivity contribution >= 4 is 17.9 Å². The van der Waals surface area contributed by atoms with Crippen molar-refractivity contribution in [2.75, 3.05) is 18.5 Å². The summed E-state index contributed by atoms with van der Waals surface area (Å²) in [6.07, 6.45) is 1.88. The Hall–Kier alpha value is -4.92. The third kappa shape index (κ3) is 12.4. The Bertz CT molecular complexity index is 1710. The first-order valence-electron chi connectivity index (χ1n) is 17.1. The molecular formula is C38H45N5O8. The Balaban J connectivity index is 1.20. The van der Waals surface area contributed by atoms with Gasteiger partial charge in [0.05, 0.1) is 19.3 Å². The number of hydrogen-bond acceptors (Lipinski definition) is 11. The second-order valence-electron chi connectivity index (χ2n) is 12.0. The maximum atomic E-state index is 13.1. The fourth-order valence-electron chi connectivity index (χ4n) is 5.43. The van der Waals surface area contributed by atoms with Crippen LogP contribution in [-0.2, 0) is 43.6 Å². The maximum Gasteiger partial charge on any atom is 0.413 e. The highest BCUT2D eigenvalue weighted by molar-refractivity contribution is 5.83. The molecule has 1 saturated heterocycles. The Morgan fingerprint density at radius 3 is 2.12 bits per heavy atom. The number of aromatic nitrogens is 2. The number of ether oxygens (including phenoxy) is 4. The van der Waals surface area contributed by atoms with Gasteiger partial charge in [-0.3, -0.25) is 25.0 Å². The number of benzene rings is 3. The molecule has 1 amide bonds. The third-order valence-electron chi connectivity index (χ3n) is 8.14. The predicted octanol–water partition coefficient (Wildman–Crippen LogP) is 4.57. The lowest BCUT2D eigenvalue weighted by atomic mass is 10.1. The smallest absolute Gasteiger partial charge is 0.413 e. The van der Waals surface area contributed by atoms with E-state index in [-0.39, 0.29) is 44.6 Å². The highest BCUT2D eigenvalue weighted by atomic mass is 16.6. The Labute approximate surface area is 296 Å². The Morgan fingerprint density at radius 2 is 1.49 bits per heavy atom. The van der Waals surface area contributed by atoms with Crippen LogP contribution in [0.3, 0.4) is 0 Å². The van der Waals surface area contributed by atoms with Crippen molar-refractivity contribution in [1.82, 2.24) is 14.9 Å². The molecule has 1 aromatic heterocycles. The largest absolute Gasteiger partial charge is 0.460 e. The summed E-state index contributed by atoms with van der Waals surface area (Å²) in [6, 6.07) is 28.9.